The lowest BCUT2D eigenvalue weighted by Crippen LogP contribution is -2.29. The van der Waals surface area contributed by atoms with Gasteiger partial charge in [0.15, 0.2) is 4.80 Å². The minimum absolute atomic E-state index is 0.126. The van der Waals surface area contributed by atoms with Gasteiger partial charge in [0.25, 0.3) is 5.91 Å². The Morgan fingerprint density at radius 3 is 2.37 bits per heavy atom. The molecule has 0 fully saturated rings. The maximum Gasteiger partial charge on any atom is 0.573 e. The molecule has 0 unspecified atom stereocenters. The number of thiazole rings is 1. The topological polar surface area (TPSA) is 94.8 Å². The van der Waals surface area contributed by atoms with Gasteiger partial charge in [-0.3, -0.25) is 14.6 Å². The second kappa shape index (κ2) is 12.2. The Labute approximate surface area is 215 Å². The molecule has 0 atom stereocenters. The van der Waals surface area contributed by atoms with Crippen molar-refractivity contribution in [2.75, 3.05) is 20.3 Å². The standard InChI is InChI=1S/C23H20F6N4O4S/c1-36-12-19(34)30-9-2-10-33-17(14-3-6-16(7-4-14)37-23(27,28)29)13-38-21(33)32-20(35)15-5-8-18(31-11-15)22(24,25)26/h3-8,11,13H,2,9-10,12H2,1H3,(H,30,34). The molecule has 0 spiro atoms. The highest BCUT2D eigenvalue weighted by atomic mass is 32.1. The van der Waals surface area contributed by atoms with Crippen LogP contribution in [0.2, 0.25) is 0 Å². The Morgan fingerprint density at radius 1 is 1.08 bits per heavy atom. The number of nitrogens with zero attached hydrogens (tertiary/aromatic N) is 3. The number of alkyl halides is 6. The summed E-state index contributed by atoms with van der Waals surface area (Å²) < 4.78 is 86.0. The molecular weight excluding hydrogens is 542 g/mol. The highest BCUT2D eigenvalue weighted by molar-refractivity contribution is 7.07. The average molecular weight is 562 g/mol. The Hall–Kier alpha value is -3.72. The molecule has 8 nitrogen and oxygen atoms in total. The molecule has 2 aromatic heterocycles. The molecule has 0 saturated heterocycles. The van der Waals surface area contributed by atoms with Crippen LogP contribution in [-0.2, 0) is 22.3 Å². The molecular formula is C23H20F6N4O4S. The fraction of sp³-hybridized carbons (Fsp3) is 0.304. The van der Waals surface area contributed by atoms with Gasteiger partial charge in [0.1, 0.15) is 18.1 Å². The number of rotatable bonds is 9. The lowest BCUT2D eigenvalue weighted by molar-refractivity contribution is -0.274. The number of carbonyl (C=O) groups is 2. The second-order valence-electron chi connectivity index (χ2n) is 7.61. The summed E-state index contributed by atoms with van der Waals surface area (Å²) in [5.74, 6) is -1.59. The van der Waals surface area contributed by atoms with Crippen LogP contribution in [-0.4, -0.2) is 48.0 Å². The third-order valence-corrected chi connectivity index (χ3v) is 5.70. The molecule has 2 heterocycles. The quantitative estimate of drug-likeness (QED) is 0.308. The van der Waals surface area contributed by atoms with Crippen molar-refractivity contribution in [1.82, 2.24) is 14.9 Å². The second-order valence-corrected chi connectivity index (χ2v) is 8.45. The number of benzene rings is 1. The van der Waals surface area contributed by atoms with Gasteiger partial charge in [0.2, 0.25) is 5.91 Å². The maximum absolute atomic E-state index is 12.8. The van der Waals surface area contributed by atoms with E-state index in [-0.39, 0.29) is 36.0 Å². The molecule has 0 saturated carbocycles. The first kappa shape index (κ1) is 28.8. The van der Waals surface area contributed by atoms with Crippen LogP contribution in [0.15, 0.2) is 53.0 Å². The highest BCUT2D eigenvalue weighted by Gasteiger charge is 2.32. The largest absolute Gasteiger partial charge is 0.573 e. The van der Waals surface area contributed by atoms with Crippen LogP contribution in [0, 0.1) is 0 Å². The SMILES string of the molecule is COCC(=O)NCCCn1c(-c2ccc(OC(F)(F)F)cc2)csc1=NC(=O)c1ccc(C(F)(F)F)nc1. The average Bonchev–Trinajstić information content (AvgIpc) is 3.23. The van der Waals surface area contributed by atoms with Gasteiger partial charge in [0.05, 0.1) is 11.3 Å². The van der Waals surface area contributed by atoms with Crippen LogP contribution >= 0.6 is 11.3 Å². The van der Waals surface area contributed by atoms with Gasteiger partial charge in [-0.05, 0) is 48.4 Å². The van der Waals surface area contributed by atoms with Gasteiger partial charge in [0, 0.05) is 31.8 Å². The lowest BCUT2D eigenvalue weighted by atomic mass is 10.1. The Bertz CT molecular complexity index is 1320. The molecule has 0 aliphatic carbocycles. The van der Waals surface area contributed by atoms with Crippen molar-refractivity contribution in [3.63, 3.8) is 0 Å². The van der Waals surface area contributed by atoms with Crippen molar-refractivity contribution >= 4 is 23.2 Å². The predicted octanol–water partition coefficient (Wildman–Crippen LogP) is 4.42. The molecule has 2 amide bonds. The molecule has 0 aliphatic heterocycles. The summed E-state index contributed by atoms with van der Waals surface area (Å²) in [6, 6.07) is 6.68. The molecule has 204 valence electrons. The molecule has 0 bridgehead atoms. The van der Waals surface area contributed by atoms with E-state index in [0.29, 0.717) is 23.7 Å². The molecule has 3 rings (SSSR count). The zero-order valence-electron chi connectivity index (χ0n) is 19.6. The zero-order chi connectivity index (χ0) is 27.9. The number of amides is 2. The van der Waals surface area contributed by atoms with Crippen molar-refractivity contribution in [3.05, 3.63) is 64.0 Å². The summed E-state index contributed by atoms with van der Waals surface area (Å²) >= 11 is 1.04. The maximum atomic E-state index is 12.8. The summed E-state index contributed by atoms with van der Waals surface area (Å²) in [4.78, 5) is 31.7. The minimum atomic E-state index is -4.85. The van der Waals surface area contributed by atoms with Gasteiger partial charge >= 0.3 is 12.5 Å². The van der Waals surface area contributed by atoms with E-state index in [2.05, 4.69) is 20.0 Å². The molecule has 0 radical (unpaired) electrons. The number of aromatic nitrogens is 2. The van der Waals surface area contributed by atoms with Gasteiger partial charge in [-0.1, -0.05) is 0 Å². The van der Waals surface area contributed by atoms with E-state index < -0.39 is 29.9 Å². The number of hydrogen-bond donors (Lipinski definition) is 1. The molecule has 3 aromatic rings. The van der Waals surface area contributed by atoms with E-state index in [1.807, 2.05) is 0 Å². The van der Waals surface area contributed by atoms with Crippen molar-refractivity contribution in [2.45, 2.75) is 25.5 Å². The van der Waals surface area contributed by atoms with Crippen molar-refractivity contribution < 1.29 is 45.4 Å². The van der Waals surface area contributed by atoms with E-state index in [1.54, 1.807) is 9.95 Å². The lowest BCUT2D eigenvalue weighted by Gasteiger charge is -2.12. The number of halogens is 6. The zero-order valence-corrected chi connectivity index (χ0v) is 20.4. The number of carbonyl (C=O) groups excluding carboxylic acids is 2. The van der Waals surface area contributed by atoms with Crippen molar-refractivity contribution in [1.29, 1.82) is 0 Å². The summed E-state index contributed by atoms with van der Waals surface area (Å²) in [6.45, 7) is 0.364. The first-order valence-corrected chi connectivity index (χ1v) is 11.7. The normalized spacial score (nSPS) is 12.4. The fourth-order valence-electron chi connectivity index (χ4n) is 3.18. The van der Waals surface area contributed by atoms with Crippen LogP contribution in [0.5, 0.6) is 5.75 Å². The summed E-state index contributed by atoms with van der Waals surface area (Å²) in [7, 11) is 1.37. The van der Waals surface area contributed by atoms with Gasteiger partial charge in [-0.15, -0.1) is 24.5 Å². The van der Waals surface area contributed by atoms with E-state index in [1.165, 1.54) is 19.2 Å². The molecule has 1 N–H and O–H groups in total. The fourth-order valence-corrected chi connectivity index (χ4v) is 4.11. The summed E-state index contributed by atoms with van der Waals surface area (Å²) in [6.07, 6.45) is -8.35. The first-order valence-electron chi connectivity index (χ1n) is 10.8. The summed E-state index contributed by atoms with van der Waals surface area (Å²) in [5, 5.41) is 4.27. The van der Waals surface area contributed by atoms with Crippen LogP contribution in [0.1, 0.15) is 22.5 Å². The van der Waals surface area contributed by atoms with Gasteiger partial charge < -0.3 is 19.4 Å². The van der Waals surface area contributed by atoms with Gasteiger partial charge in [-0.25, -0.2) is 0 Å². The van der Waals surface area contributed by atoms with Crippen LogP contribution in [0.25, 0.3) is 11.3 Å². The van der Waals surface area contributed by atoms with E-state index in [4.69, 9.17) is 4.74 Å². The molecule has 1 aromatic carbocycles. The number of ether oxygens (including phenoxy) is 2. The van der Waals surface area contributed by atoms with Crippen molar-refractivity contribution in [2.24, 2.45) is 4.99 Å². The first-order chi connectivity index (χ1) is 17.9. The van der Waals surface area contributed by atoms with Crippen LogP contribution in [0.4, 0.5) is 26.3 Å². The highest BCUT2D eigenvalue weighted by Crippen LogP contribution is 2.28. The minimum Gasteiger partial charge on any atom is -0.406 e. The summed E-state index contributed by atoms with van der Waals surface area (Å²) in [5.41, 5.74) is -0.325. The smallest absolute Gasteiger partial charge is 0.406 e. The Balaban J connectivity index is 1.90. The molecule has 0 aliphatic rings. The van der Waals surface area contributed by atoms with Crippen molar-refractivity contribution in [3.8, 4) is 17.0 Å². The number of methoxy groups -OCH3 is 1. The van der Waals surface area contributed by atoms with E-state index in [0.717, 1.165) is 35.7 Å². The number of nitrogens with one attached hydrogen (secondary N) is 1. The Morgan fingerprint density at radius 2 is 1.79 bits per heavy atom. The van der Waals surface area contributed by atoms with Crippen LogP contribution in [0.3, 0.4) is 0 Å². The van der Waals surface area contributed by atoms with E-state index in [9.17, 15) is 35.9 Å². The number of pyridine rings is 1. The Kier molecular flexibility index (Phi) is 9.27. The molecule has 38 heavy (non-hydrogen) atoms. The van der Waals surface area contributed by atoms with Gasteiger partial charge in [-0.2, -0.15) is 18.2 Å². The third kappa shape index (κ3) is 8.14. The molecule has 15 heteroatoms. The third-order valence-electron chi connectivity index (χ3n) is 4.84. The number of hydrogen-bond acceptors (Lipinski definition) is 6. The van der Waals surface area contributed by atoms with Crippen LogP contribution < -0.4 is 14.9 Å². The monoisotopic (exact) mass is 562 g/mol. The van der Waals surface area contributed by atoms with E-state index >= 15 is 0 Å². The predicted molar refractivity (Wildman–Crippen MR) is 123 cm³/mol.